The average molecular weight is 295 g/mol. The third-order valence-corrected chi connectivity index (χ3v) is 4.44. The predicted octanol–water partition coefficient (Wildman–Crippen LogP) is 4.45. The highest BCUT2D eigenvalue weighted by molar-refractivity contribution is 6.42. The SMILES string of the molecule is CNCCC1(c2ccc(Cl)c(Cl)c2)CCC1.Cl. The van der Waals surface area contributed by atoms with Gasteiger partial charge in [-0.1, -0.05) is 35.7 Å². The first kappa shape index (κ1) is 15.1. The van der Waals surface area contributed by atoms with Gasteiger partial charge < -0.3 is 5.32 Å². The molecule has 0 amide bonds. The van der Waals surface area contributed by atoms with Gasteiger partial charge in [0.05, 0.1) is 10.0 Å². The molecule has 0 unspecified atom stereocenters. The third-order valence-electron chi connectivity index (χ3n) is 3.70. The maximum absolute atomic E-state index is 6.09. The smallest absolute Gasteiger partial charge is 0.0595 e. The van der Waals surface area contributed by atoms with E-state index in [0.29, 0.717) is 15.5 Å². The predicted molar refractivity (Wildman–Crippen MR) is 77.8 cm³/mol. The third kappa shape index (κ3) is 3.08. The number of hydrogen-bond acceptors (Lipinski definition) is 1. The lowest BCUT2D eigenvalue weighted by molar-refractivity contribution is 0.225. The van der Waals surface area contributed by atoms with Gasteiger partial charge in [0, 0.05) is 0 Å². The fourth-order valence-electron chi connectivity index (χ4n) is 2.48. The molecule has 0 radical (unpaired) electrons. The van der Waals surface area contributed by atoms with Crippen molar-refractivity contribution in [2.75, 3.05) is 13.6 Å². The van der Waals surface area contributed by atoms with Crippen LogP contribution >= 0.6 is 35.6 Å². The summed E-state index contributed by atoms with van der Waals surface area (Å²) < 4.78 is 0. The number of halogens is 3. The van der Waals surface area contributed by atoms with Crippen molar-refractivity contribution in [3.8, 4) is 0 Å². The fraction of sp³-hybridized carbons (Fsp3) is 0.538. The average Bonchev–Trinajstić information content (AvgIpc) is 2.22. The van der Waals surface area contributed by atoms with Gasteiger partial charge in [-0.3, -0.25) is 0 Å². The minimum atomic E-state index is 0. The van der Waals surface area contributed by atoms with Gasteiger partial charge in [-0.15, -0.1) is 12.4 Å². The van der Waals surface area contributed by atoms with Gasteiger partial charge in [-0.05, 0) is 56.0 Å². The van der Waals surface area contributed by atoms with Crippen LogP contribution in [0.1, 0.15) is 31.2 Å². The Labute approximate surface area is 119 Å². The molecule has 0 aromatic heterocycles. The largest absolute Gasteiger partial charge is 0.320 e. The molecular formula is C13H18Cl3N. The van der Waals surface area contributed by atoms with Gasteiger partial charge >= 0.3 is 0 Å². The lowest BCUT2D eigenvalue weighted by Crippen LogP contribution is -2.36. The van der Waals surface area contributed by atoms with Crippen LogP contribution < -0.4 is 5.32 Å². The minimum absolute atomic E-state index is 0. The van der Waals surface area contributed by atoms with Crippen molar-refractivity contribution in [3.05, 3.63) is 33.8 Å². The van der Waals surface area contributed by atoms with Gasteiger partial charge in [0.1, 0.15) is 0 Å². The molecule has 1 fully saturated rings. The molecule has 1 saturated carbocycles. The van der Waals surface area contributed by atoms with E-state index in [0.717, 1.165) is 6.54 Å². The molecule has 4 heteroatoms. The van der Waals surface area contributed by atoms with Gasteiger partial charge in [0.2, 0.25) is 0 Å². The summed E-state index contributed by atoms with van der Waals surface area (Å²) in [7, 11) is 2.00. The van der Waals surface area contributed by atoms with E-state index in [4.69, 9.17) is 23.2 Å². The number of nitrogens with one attached hydrogen (secondary N) is 1. The summed E-state index contributed by atoms with van der Waals surface area (Å²) in [6.07, 6.45) is 5.05. The molecule has 2 rings (SSSR count). The second-order valence-corrected chi connectivity index (χ2v) is 5.43. The zero-order chi connectivity index (χ0) is 11.6. The molecule has 1 aromatic carbocycles. The van der Waals surface area contributed by atoms with Crippen LogP contribution in [0, 0.1) is 0 Å². The van der Waals surface area contributed by atoms with E-state index in [9.17, 15) is 0 Å². The number of benzene rings is 1. The Morgan fingerprint density at radius 1 is 1.24 bits per heavy atom. The van der Waals surface area contributed by atoms with Crippen molar-refractivity contribution in [2.24, 2.45) is 0 Å². The van der Waals surface area contributed by atoms with E-state index in [1.54, 1.807) is 0 Å². The summed E-state index contributed by atoms with van der Waals surface area (Å²) in [6, 6.07) is 6.08. The monoisotopic (exact) mass is 293 g/mol. The lowest BCUT2D eigenvalue weighted by Gasteiger charge is -2.43. The molecule has 0 atom stereocenters. The molecule has 0 spiro atoms. The van der Waals surface area contributed by atoms with Crippen LogP contribution in [0.5, 0.6) is 0 Å². The molecule has 0 saturated heterocycles. The molecule has 0 aliphatic heterocycles. The van der Waals surface area contributed by atoms with Gasteiger partial charge in [0.25, 0.3) is 0 Å². The fourth-order valence-corrected chi connectivity index (χ4v) is 2.77. The molecule has 1 N–H and O–H groups in total. The molecule has 1 aliphatic carbocycles. The van der Waals surface area contributed by atoms with E-state index < -0.39 is 0 Å². The van der Waals surface area contributed by atoms with Gasteiger partial charge in [0.15, 0.2) is 0 Å². The summed E-state index contributed by atoms with van der Waals surface area (Å²) in [5.74, 6) is 0. The molecule has 1 nitrogen and oxygen atoms in total. The van der Waals surface area contributed by atoms with E-state index in [-0.39, 0.29) is 12.4 Å². The van der Waals surface area contributed by atoms with E-state index in [2.05, 4.69) is 11.4 Å². The van der Waals surface area contributed by atoms with Crippen LogP contribution in [-0.4, -0.2) is 13.6 Å². The number of rotatable bonds is 4. The number of hydrogen-bond donors (Lipinski definition) is 1. The molecule has 0 bridgehead atoms. The van der Waals surface area contributed by atoms with Crippen LogP contribution in [0.3, 0.4) is 0 Å². The van der Waals surface area contributed by atoms with E-state index >= 15 is 0 Å². The summed E-state index contributed by atoms with van der Waals surface area (Å²) in [4.78, 5) is 0. The molecule has 96 valence electrons. The van der Waals surface area contributed by atoms with Crippen LogP contribution in [0.2, 0.25) is 10.0 Å². The Morgan fingerprint density at radius 3 is 2.41 bits per heavy atom. The zero-order valence-corrected chi connectivity index (χ0v) is 12.3. The topological polar surface area (TPSA) is 12.0 Å². The summed E-state index contributed by atoms with van der Waals surface area (Å²) in [5, 5.41) is 4.55. The second-order valence-electron chi connectivity index (χ2n) is 4.62. The zero-order valence-electron chi connectivity index (χ0n) is 9.93. The Balaban J connectivity index is 0.00000144. The second kappa shape index (κ2) is 6.29. The van der Waals surface area contributed by atoms with Crippen molar-refractivity contribution >= 4 is 35.6 Å². The van der Waals surface area contributed by atoms with Crippen molar-refractivity contribution in [1.82, 2.24) is 5.32 Å². The normalized spacial score (nSPS) is 17.1. The Bertz CT molecular complexity index is 375. The highest BCUT2D eigenvalue weighted by Crippen LogP contribution is 2.47. The highest BCUT2D eigenvalue weighted by Gasteiger charge is 2.38. The summed E-state index contributed by atoms with van der Waals surface area (Å²) >= 11 is 12.0. The Morgan fingerprint density at radius 2 is 1.94 bits per heavy atom. The van der Waals surface area contributed by atoms with Crippen LogP contribution in [0.15, 0.2) is 18.2 Å². The first-order chi connectivity index (χ1) is 7.68. The van der Waals surface area contributed by atoms with Gasteiger partial charge in [-0.2, -0.15) is 0 Å². The maximum Gasteiger partial charge on any atom is 0.0595 e. The Kier molecular flexibility index (Phi) is 5.59. The first-order valence-electron chi connectivity index (χ1n) is 5.78. The van der Waals surface area contributed by atoms with Crippen LogP contribution in [0.4, 0.5) is 0 Å². The minimum Gasteiger partial charge on any atom is -0.320 e. The molecule has 1 aliphatic rings. The van der Waals surface area contributed by atoms with Crippen molar-refractivity contribution < 1.29 is 0 Å². The van der Waals surface area contributed by atoms with Crippen LogP contribution in [-0.2, 0) is 5.41 Å². The molecular weight excluding hydrogens is 277 g/mol. The van der Waals surface area contributed by atoms with Crippen molar-refractivity contribution in [2.45, 2.75) is 31.1 Å². The molecule has 17 heavy (non-hydrogen) atoms. The van der Waals surface area contributed by atoms with Crippen molar-refractivity contribution in [1.29, 1.82) is 0 Å². The van der Waals surface area contributed by atoms with E-state index in [1.165, 1.54) is 31.2 Å². The maximum atomic E-state index is 6.09. The standard InChI is InChI=1S/C13H17Cl2N.ClH/c1-16-8-7-13(5-2-6-13)10-3-4-11(14)12(15)9-10;/h3-4,9,16H,2,5-8H2,1H3;1H. The van der Waals surface area contributed by atoms with Gasteiger partial charge in [-0.25, -0.2) is 0 Å². The Hall–Kier alpha value is 0.0500. The molecule has 1 aromatic rings. The van der Waals surface area contributed by atoms with E-state index in [1.807, 2.05) is 19.2 Å². The van der Waals surface area contributed by atoms with Crippen LogP contribution in [0.25, 0.3) is 0 Å². The lowest BCUT2D eigenvalue weighted by atomic mass is 9.62. The highest BCUT2D eigenvalue weighted by atomic mass is 35.5. The first-order valence-corrected chi connectivity index (χ1v) is 6.54. The summed E-state index contributed by atoms with van der Waals surface area (Å²) in [6.45, 7) is 1.06. The quantitative estimate of drug-likeness (QED) is 0.865. The molecule has 0 heterocycles. The summed E-state index contributed by atoms with van der Waals surface area (Å²) in [5.41, 5.74) is 1.69. The van der Waals surface area contributed by atoms with Crippen molar-refractivity contribution in [3.63, 3.8) is 0 Å².